The summed E-state index contributed by atoms with van der Waals surface area (Å²) in [4.78, 5) is 6.98. The lowest BCUT2D eigenvalue weighted by atomic mass is 10.2. The van der Waals surface area contributed by atoms with Gasteiger partial charge >= 0.3 is 0 Å². The number of imidazole rings is 1. The first-order valence-corrected chi connectivity index (χ1v) is 7.47. The molecule has 0 saturated heterocycles. The lowest BCUT2D eigenvalue weighted by molar-refractivity contribution is 0.251. The van der Waals surface area contributed by atoms with E-state index < -0.39 is 0 Å². The largest absolute Gasteiger partial charge is 0.310 e. The molecule has 0 fully saturated rings. The molecule has 2 aromatic heterocycles. The summed E-state index contributed by atoms with van der Waals surface area (Å²) in [6.45, 7) is 9.52. The summed E-state index contributed by atoms with van der Waals surface area (Å²) in [5.74, 6) is 0. The topological polar surface area (TPSA) is 32.6 Å². The average molecular weight is 274 g/mol. The Morgan fingerprint density at radius 1 is 1.40 bits per heavy atom. The Bertz CT molecular complexity index is 546. The molecule has 1 atom stereocenters. The molecule has 2 aromatic rings. The zero-order valence-corrected chi connectivity index (χ0v) is 13.1. The lowest BCUT2D eigenvalue weighted by Crippen LogP contribution is -2.35. The van der Waals surface area contributed by atoms with Crippen LogP contribution in [0.3, 0.4) is 0 Å². The van der Waals surface area contributed by atoms with Crippen LogP contribution in [-0.4, -0.2) is 40.5 Å². The minimum atomic E-state index is 0.648. The van der Waals surface area contributed by atoms with Crippen molar-refractivity contribution in [1.82, 2.24) is 19.6 Å². The fraction of sp³-hybridized carbons (Fsp3) is 0.562. The van der Waals surface area contributed by atoms with Gasteiger partial charge in [0.05, 0.1) is 11.4 Å². The summed E-state index contributed by atoms with van der Waals surface area (Å²) >= 11 is 0. The highest BCUT2D eigenvalue weighted by molar-refractivity contribution is 5.42. The molecule has 0 radical (unpaired) electrons. The zero-order valence-electron chi connectivity index (χ0n) is 13.1. The highest BCUT2D eigenvalue weighted by Crippen LogP contribution is 2.11. The van der Waals surface area contributed by atoms with E-state index in [9.17, 15) is 0 Å². The number of nitrogens with one attached hydrogen (secondary N) is 1. The lowest BCUT2D eigenvalue weighted by Gasteiger charge is -2.23. The summed E-state index contributed by atoms with van der Waals surface area (Å²) in [5, 5.41) is 3.53. The number of rotatable bonds is 7. The van der Waals surface area contributed by atoms with Crippen LogP contribution in [0.4, 0.5) is 0 Å². The van der Waals surface area contributed by atoms with Crippen LogP contribution in [0, 0.1) is 6.92 Å². The van der Waals surface area contributed by atoms with E-state index in [-0.39, 0.29) is 0 Å². The van der Waals surface area contributed by atoms with Gasteiger partial charge in [0.1, 0.15) is 5.65 Å². The summed E-state index contributed by atoms with van der Waals surface area (Å²) < 4.78 is 2.17. The smallest absolute Gasteiger partial charge is 0.137 e. The highest BCUT2D eigenvalue weighted by Gasteiger charge is 2.08. The number of nitrogens with zero attached hydrogens (tertiary/aromatic N) is 3. The van der Waals surface area contributed by atoms with E-state index in [0.29, 0.717) is 6.04 Å². The molecule has 1 N–H and O–H groups in total. The minimum absolute atomic E-state index is 0.648. The fourth-order valence-electron chi connectivity index (χ4n) is 2.37. The van der Waals surface area contributed by atoms with Crippen molar-refractivity contribution in [2.45, 2.75) is 39.8 Å². The van der Waals surface area contributed by atoms with E-state index in [0.717, 1.165) is 31.0 Å². The predicted octanol–water partition coefficient (Wildman–Crippen LogP) is 2.46. The third-order valence-electron chi connectivity index (χ3n) is 4.11. The number of hydrogen-bond donors (Lipinski definition) is 1. The van der Waals surface area contributed by atoms with Crippen molar-refractivity contribution in [2.75, 3.05) is 20.1 Å². The molecular weight excluding hydrogens is 248 g/mol. The summed E-state index contributed by atoms with van der Waals surface area (Å²) in [6.07, 6.45) is 3.28. The molecule has 20 heavy (non-hydrogen) atoms. The van der Waals surface area contributed by atoms with Gasteiger partial charge in [-0.3, -0.25) is 0 Å². The maximum absolute atomic E-state index is 4.58. The van der Waals surface area contributed by atoms with Gasteiger partial charge < -0.3 is 14.6 Å². The van der Waals surface area contributed by atoms with Crippen LogP contribution in [0.5, 0.6) is 0 Å². The van der Waals surface area contributed by atoms with Crippen LogP contribution in [-0.2, 0) is 6.54 Å². The van der Waals surface area contributed by atoms with Gasteiger partial charge in [-0.2, -0.15) is 0 Å². The Hall–Kier alpha value is -1.39. The molecule has 2 heterocycles. The molecule has 4 heteroatoms. The van der Waals surface area contributed by atoms with Gasteiger partial charge in [0.15, 0.2) is 0 Å². The third-order valence-corrected chi connectivity index (χ3v) is 4.11. The van der Waals surface area contributed by atoms with Gasteiger partial charge in [0, 0.05) is 31.9 Å². The van der Waals surface area contributed by atoms with E-state index in [2.05, 4.69) is 53.6 Å². The maximum atomic E-state index is 4.58. The van der Waals surface area contributed by atoms with Crippen LogP contribution in [0.2, 0.25) is 0 Å². The molecule has 4 nitrogen and oxygen atoms in total. The van der Waals surface area contributed by atoms with E-state index in [1.54, 1.807) is 0 Å². The van der Waals surface area contributed by atoms with Crippen molar-refractivity contribution in [3.05, 3.63) is 35.8 Å². The normalized spacial score (nSPS) is 13.2. The monoisotopic (exact) mass is 274 g/mol. The SMILES string of the molecule is CCC(C)N(C)CCNCc1c(C)nc2ccccn12. The molecule has 110 valence electrons. The number of hydrogen-bond acceptors (Lipinski definition) is 3. The number of pyridine rings is 1. The second-order valence-electron chi connectivity index (χ2n) is 5.49. The van der Waals surface area contributed by atoms with Gasteiger partial charge in [-0.25, -0.2) is 4.98 Å². The average Bonchev–Trinajstić information content (AvgIpc) is 2.78. The number of aryl methyl sites for hydroxylation is 1. The molecule has 0 bridgehead atoms. The molecule has 0 aliphatic heterocycles. The van der Waals surface area contributed by atoms with Crippen molar-refractivity contribution in [2.24, 2.45) is 0 Å². The van der Waals surface area contributed by atoms with Crippen LogP contribution in [0.1, 0.15) is 31.7 Å². The van der Waals surface area contributed by atoms with E-state index in [1.807, 2.05) is 18.2 Å². The van der Waals surface area contributed by atoms with Crippen molar-refractivity contribution in [1.29, 1.82) is 0 Å². The van der Waals surface area contributed by atoms with Crippen LogP contribution in [0.15, 0.2) is 24.4 Å². The first kappa shape index (κ1) is 15.0. The van der Waals surface area contributed by atoms with E-state index in [4.69, 9.17) is 0 Å². The predicted molar refractivity (Wildman–Crippen MR) is 84.0 cm³/mol. The Labute approximate surface area is 121 Å². The summed E-state index contributed by atoms with van der Waals surface area (Å²) in [7, 11) is 2.19. The first-order chi connectivity index (χ1) is 9.63. The third kappa shape index (κ3) is 3.38. The maximum Gasteiger partial charge on any atom is 0.137 e. The minimum Gasteiger partial charge on any atom is -0.310 e. The molecule has 1 unspecified atom stereocenters. The Morgan fingerprint density at radius 2 is 2.20 bits per heavy atom. The number of fused-ring (bicyclic) bond motifs is 1. The Kier molecular flexibility index (Phi) is 5.15. The van der Waals surface area contributed by atoms with Gasteiger partial charge in [-0.15, -0.1) is 0 Å². The standard InChI is InChI=1S/C16H26N4/c1-5-13(2)19(4)11-9-17-12-15-14(3)18-16-8-6-7-10-20(15)16/h6-8,10,13,17H,5,9,11-12H2,1-4H3. The molecule has 0 aromatic carbocycles. The highest BCUT2D eigenvalue weighted by atomic mass is 15.1. The van der Waals surface area contributed by atoms with Gasteiger partial charge in [-0.05, 0) is 39.4 Å². The van der Waals surface area contributed by atoms with Gasteiger partial charge in [0.25, 0.3) is 0 Å². The second-order valence-corrected chi connectivity index (χ2v) is 5.49. The number of aromatic nitrogens is 2. The molecule has 0 amide bonds. The molecule has 2 rings (SSSR count). The molecular formula is C16H26N4. The zero-order chi connectivity index (χ0) is 14.5. The summed E-state index contributed by atoms with van der Waals surface area (Å²) in [5.41, 5.74) is 3.39. The van der Waals surface area contributed by atoms with Crippen LogP contribution >= 0.6 is 0 Å². The van der Waals surface area contributed by atoms with E-state index in [1.165, 1.54) is 12.1 Å². The molecule has 0 spiro atoms. The molecule has 0 aliphatic carbocycles. The Balaban J connectivity index is 1.89. The molecule has 0 saturated carbocycles. The first-order valence-electron chi connectivity index (χ1n) is 7.47. The summed E-state index contributed by atoms with van der Waals surface area (Å²) in [6, 6.07) is 6.77. The van der Waals surface area contributed by atoms with Crippen molar-refractivity contribution < 1.29 is 0 Å². The van der Waals surface area contributed by atoms with Crippen molar-refractivity contribution in [3.8, 4) is 0 Å². The van der Waals surface area contributed by atoms with E-state index >= 15 is 0 Å². The van der Waals surface area contributed by atoms with Crippen LogP contribution in [0.25, 0.3) is 5.65 Å². The van der Waals surface area contributed by atoms with Gasteiger partial charge in [0.2, 0.25) is 0 Å². The second kappa shape index (κ2) is 6.86. The van der Waals surface area contributed by atoms with Crippen molar-refractivity contribution in [3.63, 3.8) is 0 Å². The molecule has 0 aliphatic rings. The Morgan fingerprint density at radius 3 is 2.95 bits per heavy atom. The van der Waals surface area contributed by atoms with Crippen LogP contribution < -0.4 is 5.32 Å². The quantitative estimate of drug-likeness (QED) is 0.787. The fourth-order valence-corrected chi connectivity index (χ4v) is 2.37. The number of likely N-dealkylation sites (N-methyl/N-ethyl adjacent to an activating group) is 1. The van der Waals surface area contributed by atoms with Gasteiger partial charge in [-0.1, -0.05) is 13.0 Å². The van der Waals surface area contributed by atoms with Crippen molar-refractivity contribution >= 4 is 5.65 Å².